The van der Waals surface area contributed by atoms with E-state index in [-0.39, 0.29) is 5.41 Å². The van der Waals surface area contributed by atoms with E-state index in [1.165, 1.54) is 82.6 Å². The van der Waals surface area contributed by atoms with Gasteiger partial charge in [-0.3, -0.25) is 0 Å². The second-order valence-corrected chi connectivity index (χ2v) is 18.8. The predicted molar refractivity (Wildman–Crippen MR) is 292 cm³/mol. The third kappa shape index (κ3) is 6.55. The van der Waals surface area contributed by atoms with Crippen molar-refractivity contribution >= 4 is 49.6 Å². The van der Waals surface area contributed by atoms with Gasteiger partial charge in [0.15, 0.2) is 0 Å². The molecule has 2 heteroatoms. The highest BCUT2D eigenvalue weighted by Gasteiger charge is 2.37. The Labute approximate surface area is 403 Å². The number of hydrogen-bond donors (Lipinski definition) is 0. The van der Waals surface area contributed by atoms with E-state index in [4.69, 9.17) is 0 Å². The van der Waals surface area contributed by atoms with Crippen molar-refractivity contribution in [2.45, 2.75) is 19.3 Å². The third-order valence-electron chi connectivity index (χ3n) is 14.6. The number of benzene rings is 11. The van der Waals surface area contributed by atoms with E-state index in [0.717, 1.165) is 39.4 Å². The van der Waals surface area contributed by atoms with Crippen LogP contribution in [0.3, 0.4) is 0 Å². The van der Waals surface area contributed by atoms with Gasteiger partial charge >= 0.3 is 0 Å². The average molecular weight is 881 g/mol. The molecule has 1 aromatic heterocycles. The summed E-state index contributed by atoms with van der Waals surface area (Å²) < 4.78 is 2.41. The van der Waals surface area contributed by atoms with Crippen LogP contribution < -0.4 is 4.90 Å². The summed E-state index contributed by atoms with van der Waals surface area (Å²) in [4.78, 5) is 2.51. The van der Waals surface area contributed by atoms with Crippen LogP contribution in [0.15, 0.2) is 255 Å². The zero-order valence-electron chi connectivity index (χ0n) is 38.6. The molecule has 0 amide bonds. The van der Waals surface area contributed by atoms with Crippen molar-refractivity contribution in [1.82, 2.24) is 4.57 Å². The number of nitrogens with zero attached hydrogens (tertiary/aromatic N) is 2. The van der Waals surface area contributed by atoms with Gasteiger partial charge in [-0.1, -0.05) is 220 Å². The Balaban J connectivity index is 1.06. The maximum atomic E-state index is 2.51. The number of rotatable bonds is 8. The molecule has 0 fully saturated rings. The van der Waals surface area contributed by atoms with Crippen molar-refractivity contribution in [3.05, 3.63) is 266 Å². The molecular formula is C67H48N2. The molecule has 11 aromatic carbocycles. The average Bonchev–Trinajstić information content (AvgIpc) is 3.87. The summed E-state index contributed by atoms with van der Waals surface area (Å²) in [7, 11) is 0. The predicted octanol–water partition coefficient (Wildman–Crippen LogP) is 18.4. The van der Waals surface area contributed by atoms with Crippen LogP contribution in [-0.4, -0.2) is 4.57 Å². The van der Waals surface area contributed by atoms with Crippen molar-refractivity contribution in [1.29, 1.82) is 0 Å². The van der Waals surface area contributed by atoms with Crippen molar-refractivity contribution < 1.29 is 0 Å². The van der Waals surface area contributed by atoms with Crippen LogP contribution in [0, 0.1) is 0 Å². The molecule has 0 unspecified atom stereocenters. The van der Waals surface area contributed by atoms with Gasteiger partial charge in [-0.25, -0.2) is 0 Å². The van der Waals surface area contributed by atoms with E-state index in [1.807, 2.05) is 0 Å². The Morgan fingerprint density at radius 1 is 0.348 bits per heavy atom. The van der Waals surface area contributed by atoms with E-state index in [9.17, 15) is 0 Å². The fourth-order valence-corrected chi connectivity index (χ4v) is 11.5. The van der Waals surface area contributed by atoms with E-state index in [0.29, 0.717) is 0 Å². The van der Waals surface area contributed by atoms with Gasteiger partial charge < -0.3 is 9.47 Å². The summed E-state index contributed by atoms with van der Waals surface area (Å²) in [5.74, 6) is 0. The van der Waals surface area contributed by atoms with Gasteiger partial charge in [0.2, 0.25) is 0 Å². The third-order valence-corrected chi connectivity index (χ3v) is 14.6. The number of hydrogen-bond acceptors (Lipinski definition) is 1. The summed E-state index contributed by atoms with van der Waals surface area (Å²) in [6.07, 6.45) is 0. The minimum atomic E-state index is -0.164. The van der Waals surface area contributed by atoms with Gasteiger partial charge in [0, 0.05) is 38.7 Å². The Morgan fingerprint density at radius 3 is 1.71 bits per heavy atom. The molecule has 12 aromatic rings. The van der Waals surface area contributed by atoms with Crippen molar-refractivity contribution in [3.8, 4) is 61.3 Å². The Kier molecular flexibility index (Phi) is 9.55. The van der Waals surface area contributed by atoms with Crippen LogP contribution in [0.2, 0.25) is 0 Å². The largest absolute Gasteiger partial charge is 0.309 e. The highest BCUT2D eigenvalue weighted by Crippen LogP contribution is 2.53. The SMILES string of the molecule is CC1(C)c2ccccc2-c2cccc(-c3cccc(N(c4ccccc4-c4ccc5c6ccccc6n(-c6ccccc6)c5c4)c4ccccc4-c4cccc5cccc(-c6ccccc6)c45)c3)c21. The molecule has 1 aliphatic rings. The van der Waals surface area contributed by atoms with Gasteiger partial charge in [-0.2, -0.15) is 0 Å². The van der Waals surface area contributed by atoms with Crippen LogP contribution in [0.4, 0.5) is 17.1 Å². The molecule has 0 bridgehead atoms. The molecule has 326 valence electrons. The first-order valence-corrected chi connectivity index (χ1v) is 24.0. The van der Waals surface area contributed by atoms with Crippen molar-refractivity contribution in [3.63, 3.8) is 0 Å². The fourth-order valence-electron chi connectivity index (χ4n) is 11.5. The summed E-state index contributed by atoms with van der Waals surface area (Å²) in [5, 5.41) is 4.92. The highest BCUT2D eigenvalue weighted by molar-refractivity contribution is 6.12. The lowest BCUT2D eigenvalue weighted by molar-refractivity contribution is 0.662. The number of para-hydroxylation sites is 4. The monoisotopic (exact) mass is 880 g/mol. The van der Waals surface area contributed by atoms with E-state index in [2.05, 4.69) is 278 Å². The molecule has 69 heavy (non-hydrogen) atoms. The molecular weight excluding hydrogens is 833 g/mol. The maximum absolute atomic E-state index is 2.51. The first-order valence-electron chi connectivity index (χ1n) is 24.0. The molecule has 1 heterocycles. The molecule has 1 aliphatic carbocycles. The summed E-state index contributed by atoms with van der Waals surface area (Å²) >= 11 is 0. The number of aromatic nitrogens is 1. The zero-order chi connectivity index (χ0) is 46.1. The second kappa shape index (κ2) is 16.3. The lowest BCUT2D eigenvalue weighted by atomic mass is 9.79. The van der Waals surface area contributed by atoms with E-state index in [1.54, 1.807) is 0 Å². The van der Waals surface area contributed by atoms with Crippen LogP contribution in [0.1, 0.15) is 25.0 Å². The van der Waals surface area contributed by atoms with Crippen LogP contribution >= 0.6 is 0 Å². The second-order valence-electron chi connectivity index (χ2n) is 18.8. The maximum Gasteiger partial charge on any atom is 0.0547 e. The topological polar surface area (TPSA) is 8.17 Å². The molecule has 2 nitrogen and oxygen atoms in total. The highest BCUT2D eigenvalue weighted by atomic mass is 15.1. The fraction of sp³-hybridized carbons (Fsp3) is 0.0448. The lowest BCUT2D eigenvalue weighted by Crippen LogP contribution is -2.16. The van der Waals surface area contributed by atoms with E-state index < -0.39 is 0 Å². The molecule has 0 aliphatic heterocycles. The minimum absolute atomic E-state index is 0.164. The molecule has 13 rings (SSSR count). The van der Waals surface area contributed by atoms with Crippen molar-refractivity contribution in [2.24, 2.45) is 0 Å². The van der Waals surface area contributed by atoms with Crippen LogP contribution in [-0.2, 0) is 5.41 Å². The van der Waals surface area contributed by atoms with Gasteiger partial charge in [0.05, 0.1) is 22.4 Å². The zero-order valence-corrected chi connectivity index (χ0v) is 38.6. The first kappa shape index (κ1) is 40.5. The van der Waals surface area contributed by atoms with Gasteiger partial charge in [-0.15, -0.1) is 0 Å². The molecule has 0 saturated carbocycles. The lowest BCUT2D eigenvalue weighted by Gasteiger charge is -2.31. The van der Waals surface area contributed by atoms with Crippen molar-refractivity contribution in [2.75, 3.05) is 4.90 Å². The number of fused-ring (bicyclic) bond motifs is 7. The van der Waals surface area contributed by atoms with Crippen LogP contribution in [0.25, 0.3) is 93.9 Å². The molecule has 0 radical (unpaired) electrons. The van der Waals surface area contributed by atoms with Gasteiger partial charge in [-0.05, 0) is 115 Å². The Morgan fingerprint density at radius 2 is 0.899 bits per heavy atom. The minimum Gasteiger partial charge on any atom is -0.309 e. The van der Waals surface area contributed by atoms with Crippen LogP contribution in [0.5, 0.6) is 0 Å². The quantitative estimate of drug-likeness (QED) is 0.148. The molecule has 0 saturated heterocycles. The first-order chi connectivity index (χ1) is 34.0. The molecule has 0 atom stereocenters. The summed E-state index contributed by atoms with van der Waals surface area (Å²) in [5.41, 5.74) is 21.5. The van der Waals surface area contributed by atoms with Gasteiger partial charge in [0.1, 0.15) is 0 Å². The summed E-state index contributed by atoms with van der Waals surface area (Å²) in [6.45, 7) is 4.76. The standard InChI is InChI=1S/C67H48N2/c1-67(2)60-37-13-9-30-54(60)59-36-20-34-53(66(59)67)47-25-17-28-50(43-47)69(63-40-16-12-32-56(63)58-35-19-24-46-23-18-33-52(65(46)58)45-21-5-3-6-22-45)61-38-14-10-29-51(61)48-41-42-57-55-31-11-15-39-62(55)68(64(57)44-48)49-26-7-4-8-27-49/h3-44H,1-2H3. The Bertz CT molecular complexity index is 3930. The Hall–Kier alpha value is -8.72. The van der Waals surface area contributed by atoms with E-state index >= 15 is 0 Å². The smallest absolute Gasteiger partial charge is 0.0547 e. The molecule has 0 N–H and O–H groups in total. The summed E-state index contributed by atoms with van der Waals surface area (Å²) in [6, 6.07) is 93.8. The van der Waals surface area contributed by atoms with Gasteiger partial charge in [0.25, 0.3) is 0 Å². The number of anilines is 3. The molecule has 0 spiro atoms. The normalized spacial score (nSPS) is 12.6.